The van der Waals surface area contributed by atoms with Gasteiger partial charge < -0.3 is 5.11 Å². The summed E-state index contributed by atoms with van der Waals surface area (Å²) in [4.78, 5) is 11.6. The van der Waals surface area contributed by atoms with Crippen molar-refractivity contribution in [2.75, 3.05) is 4.90 Å². The standard InChI is InChI=1S/C14H11F4N3O2/c15-8-1-3-9(4-2-8)21-10-5-6-12(14(16,17)18)20(13(22)23)11(10)7-19-21/h1-4,7,12H,5-6H2,(H,22,23)/t12-/m0/s1. The molecule has 1 aliphatic rings. The minimum absolute atomic E-state index is 0.0146. The van der Waals surface area contributed by atoms with Crippen LogP contribution in [-0.4, -0.2) is 33.2 Å². The van der Waals surface area contributed by atoms with Gasteiger partial charge in [-0.15, -0.1) is 0 Å². The number of carbonyl (C=O) groups is 1. The summed E-state index contributed by atoms with van der Waals surface area (Å²) < 4.78 is 53.4. The van der Waals surface area contributed by atoms with E-state index in [1.807, 2.05) is 0 Å². The lowest BCUT2D eigenvalue weighted by Gasteiger charge is -2.34. The third kappa shape index (κ3) is 2.62. The number of carboxylic acid groups (broad SMARTS) is 1. The van der Waals surface area contributed by atoms with Crippen molar-refractivity contribution in [2.45, 2.75) is 25.1 Å². The third-order valence-electron chi connectivity index (χ3n) is 3.73. The maximum absolute atomic E-state index is 13.0. The van der Waals surface area contributed by atoms with Crippen LogP contribution in [0.15, 0.2) is 30.5 Å². The van der Waals surface area contributed by atoms with Crippen LogP contribution >= 0.6 is 0 Å². The van der Waals surface area contributed by atoms with Crippen LogP contribution in [0, 0.1) is 5.82 Å². The van der Waals surface area contributed by atoms with Crippen molar-refractivity contribution in [3.63, 3.8) is 0 Å². The Hall–Kier alpha value is -2.58. The maximum Gasteiger partial charge on any atom is 0.412 e. The first-order valence-electron chi connectivity index (χ1n) is 6.71. The molecular formula is C14H11F4N3O2. The van der Waals surface area contributed by atoms with Gasteiger partial charge in [-0.1, -0.05) is 0 Å². The number of rotatable bonds is 1. The summed E-state index contributed by atoms with van der Waals surface area (Å²) in [5, 5.41) is 13.1. The van der Waals surface area contributed by atoms with E-state index in [1.165, 1.54) is 28.9 Å². The Bertz CT molecular complexity index is 739. The fourth-order valence-electron chi connectivity index (χ4n) is 2.72. The SMILES string of the molecule is O=C(O)N1c2cnn(-c3ccc(F)cc3)c2CC[C@H]1C(F)(F)F. The van der Waals surface area contributed by atoms with Crippen LogP contribution < -0.4 is 4.90 Å². The molecular weight excluding hydrogens is 318 g/mol. The molecule has 1 aromatic heterocycles. The van der Waals surface area contributed by atoms with E-state index in [1.54, 1.807) is 0 Å². The number of alkyl halides is 3. The normalized spacial score (nSPS) is 17.9. The first kappa shape index (κ1) is 15.3. The number of hydrogen-bond acceptors (Lipinski definition) is 2. The molecule has 1 aliphatic heterocycles. The Kier molecular flexibility index (Phi) is 3.50. The minimum atomic E-state index is -4.66. The second-order valence-electron chi connectivity index (χ2n) is 5.11. The van der Waals surface area contributed by atoms with Crippen molar-refractivity contribution in [2.24, 2.45) is 0 Å². The van der Waals surface area contributed by atoms with Gasteiger partial charge in [-0.05, 0) is 37.1 Å². The predicted octanol–water partition coefficient (Wildman–Crippen LogP) is 3.37. The largest absolute Gasteiger partial charge is 0.465 e. The van der Waals surface area contributed by atoms with Crippen molar-refractivity contribution >= 4 is 11.8 Å². The van der Waals surface area contributed by atoms with Gasteiger partial charge in [0, 0.05) is 0 Å². The second kappa shape index (κ2) is 5.25. The molecule has 122 valence electrons. The molecule has 0 aliphatic carbocycles. The molecule has 9 heteroatoms. The van der Waals surface area contributed by atoms with Crippen molar-refractivity contribution < 1.29 is 27.5 Å². The van der Waals surface area contributed by atoms with Gasteiger partial charge >= 0.3 is 12.3 Å². The Morgan fingerprint density at radius 2 is 1.91 bits per heavy atom. The molecule has 0 saturated heterocycles. The monoisotopic (exact) mass is 329 g/mol. The Balaban J connectivity index is 2.06. The third-order valence-corrected chi connectivity index (χ3v) is 3.73. The first-order valence-corrected chi connectivity index (χ1v) is 6.71. The van der Waals surface area contributed by atoms with Gasteiger partial charge in [-0.2, -0.15) is 18.3 Å². The molecule has 5 nitrogen and oxygen atoms in total. The zero-order valence-electron chi connectivity index (χ0n) is 11.6. The van der Waals surface area contributed by atoms with Crippen LogP contribution in [0.5, 0.6) is 0 Å². The number of amides is 1. The minimum Gasteiger partial charge on any atom is -0.465 e. The van der Waals surface area contributed by atoms with Gasteiger partial charge in [0.15, 0.2) is 0 Å². The Labute approximate surface area is 127 Å². The van der Waals surface area contributed by atoms with Crippen LogP contribution in [0.2, 0.25) is 0 Å². The van der Waals surface area contributed by atoms with Gasteiger partial charge in [0.2, 0.25) is 0 Å². The number of aromatic nitrogens is 2. The van der Waals surface area contributed by atoms with E-state index in [2.05, 4.69) is 5.10 Å². The van der Waals surface area contributed by atoms with E-state index < -0.39 is 30.5 Å². The fraction of sp³-hybridized carbons (Fsp3) is 0.286. The van der Waals surface area contributed by atoms with Gasteiger partial charge in [0.05, 0.1) is 23.3 Å². The molecule has 2 aromatic rings. The summed E-state index contributed by atoms with van der Waals surface area (Å²) in [7, 11) is 0. The zero-order valence-corrected chi connectivity index (χ0v) is 11.6. The molecule has 1 aromatic carbocycles. The van der Waals surface area contributed by atoms with E-state index >= 15 is 0 Å². The van der Waals surface area contributed by atoms with E-state index in [0.29, 0.717) is 16.3 Å². The highest BCUT2D eigenvalue weighted by Crippen LogP contribution is 2.38. The smallest absolute Gasteiger partial charge is 0.412 e. The average molecular weight is 329 g/mol. The lowest BCUT2D eigenvalue weighted by molar-refractivity contribution is -0.149. The second-order valence-corrected chi connectivity index (χ2v) is 5.11. The summed E-state index contributed by atoms with van der Waals surface area (Å²) in [6, 6.07) is 3.13. The van der Waals surface area contributed by atoms with Crippen LogP contribution in [0.1, 0.15) is 12.1 Å². The quantitative estimate of drug-likeness (QED) is 0.816. The molecule has 0 saturated carbocycles. The number of halogens is 4. The molecule has 3 rings (SSSR count). The highest BCUT2D eigenvalue weighted by Gasteiger charge is 2.49. The van der Waals surface area contributed by atoms with Gasteiger partial charge in [-0.25, -0.2) is 13.9 Å². The summed E-state index contributed by atoms with van der Waals surface area (Å²) in [6.45, 7) is 0. The summed E-state index contributed by atoms with van der Waals surface area (Å²) in [5.41, 5.74) is 0.693. The van der Waals surface area contributed by atoms with Crippen LogP contribution in [0.4, 0.5) is 28.0 Å². The molecule has 1 amide bonds. The number of benzene rings is 1. The highest BCUT2D eigenvalue weighted by molar-refractivity contribution is 5.88. The van der Waals surface area contributed by atoms with Gasteiger partial charge in [0.1, 0.15) is 11.9 Å². The molecule has 0 unspecified atom stereocenters. The lowest BCUT2D eigenvalue weighted by Crippen LogP contribution is -2.51. The van der Waals surface area contributed by atoms with Crippen molar-refractivity contribution in [1.82, 2.24) is 9.78 Å². The summed E-state index contributed by atoms with van der Waals surface area (Å²) >= 11 is 0. The Morgan fingerprint density at radius 3 is 2.48 bits per heavy atom. The topological polar surface area (TPSA) is 58.4 Å². The molecule has 1 atom stereocenters. The van der Waals surface area contributed by atoms with Crippen LogP contribution in [-0.2, 0) is 6.42 Å². The maximum atomic E-state index is 13.0. The molecule has 2 heterocycles. The average Bonchev–Trinajstić information content (AvgIpc) is 2.89. The fourth-order valence-corrected chi connectivity index (χ4v) is 2.72. The number of hydrogen-bond donors (Lipinski definition) is 1. The molecule has 0 spiro atoms. The summed E-state index contributed by atoms with van der Waals surface area (Å²) in [5.74, 6) is -0.459. The molecule has 1 N–H and O–H groups in total. The van der Waals surface area contributed by atoms with E-state index in [-0.39, 0.29) is 12.1 Å². The van der Waals surface area contributed by atoms with E-state index in [4.69, 9.17) is 0 Å². The van der Waals surface area contributed by atoms with Gasteiger partial charge in [-0.3, -0.25) is 4.90 Å². The number of anilines is 1. The lowest BCUT2D eigenvalue weighted by atomic mass is 10.0. The summed E-state index contributed by atoms with van der Waals surface area (Å²) in [6.07, 6.45) is -5.64. The number of fused-ring (bicyclic) bond motifs is 1. The molecule has 23 heavy (non-hydrogen) atoms. The zero-order chi connectivity index (χ0) is 16.8. The van der Waals surface area contributed by atoms with E-state index in [0.717, 1.165) is 6.20 Å². The van der Waals surface area contributed by atoms with E-state index in [9.17, 15) is 27.5 Å². The Morgan fingerprint density at radius 1 is 1.26 bits per heavy atom. The molecule has 0 bridgehead atoms. The van der Waals surface area contributed by atoms with Crippen molar-refractivity contribution in [3.8, 4) is 5.69 Å². The number of nitrogens with zero attached hydrogens (tertiary/aromatic N) is 3. The van der Waals surface area contributed by atoms with Gasteiger partial charge in [0.25, 0.3) is 0 Å². The highest BCUT2D eigenvalue weighted by atomic mass is 19.4. The predicted molar refractivity (Wildman–Crippen MR) is 72.2 cm³/mol. The molecule has 0 radical (unpaired) electrons. The first-order chi connectivity index (χ1) is 10.8. The molecule has 0 fully saturated rings. The van der Waals surface area contributed by atoms with Crippen LogP contribution in [0.3, 0.4) is 0 Å². The van der Waals surface area contributed by atoms with Crippen molar-refractivity contribution in [1.29, 1.82) is 0 Å². The van der Waals surface area contributed by atoms with Crippen LogP contribution in [0.25, 0.3) is 5.69 Å². The van der Waals surface area contributed by atoms with Crippen molar-refractivity contribution in [3.05, 3.63) is 42.0 Å².